The molecule has 0 spiro atoms. The number of carbonyl (C=O) groups is 1. The average Bonchev–Trinajstić information content (AvgIpc) is 2.36. The van der Waals surface area contributed by atoms with Crippen molar-refractivity contribution >= 4 is 21.6 Å². The third kappa shape index (κ3) is 4.84. The first-order valence-electron chi connectivity index (χ1n) is 5.93. The van der Waals surface area contributed by atoms with Crippen molar-refractivity contribution in [3.63, 3.8) is 0 Å². The molecular weight excluding hydrogens is 268 g/mol. The minimum Gasteiger partial charge on any atom is -0.398 e. The number of carbonyl (C=O) groups excluding carboxylic acids is 1. The molecule has 1 rings (SSSR count). The van der Waals surface area contributed by atoms with E-state index in [4.69, 9.17) is 5.73 Å². The molecule has 0 aliphatic rings. The first-order chi connectivity index (χ1) is 8.97. The highest BCUT2D eigenvalue weighted by Gasteiger charge is 2.17. The molecule has 0 atom stereocenters. The van der Waals surface area contributed by atoms with Gasteiger partial charge in [0.25, 0.3) is 0 Å². The number of nitrogens with two attached hydrogens (primary N) is 1. The predicted octanol–water partition coefficient (Wildman–Crippen LogP) is -0.142. The summed E-state index contributed by atoms with van der Waals surface area (Å²) in [6.07, 6.45) is 3.50. The average molecular weight is 286 g/mol. The summed E-state index contributed by atoms with van der Waals surface area (Å²) in [7, 11) is -3.72. The van der Waals surface area contributed by atoms with E-state index in [0.717, 1.165) is 6.42 Å². The molecule has 1 aromatic rings. The molecule has 0 saturated heterocycles. The van der Waals surface area contributed by atoms with Crippen molar-refractivity contribution in [1.82, 2.24) is 15.0 Å². The predicted molar refractivity (Wildman–Crippen MR) is 71.8 cm³/mol. The highest BCUT2D eigenvalue weighted by Crippen LogP contribution is 2.14. The van der Waals surface area contributed by atoms with Crippen LogP contribution < -0.4 is 15.8 Å². The maximum Gasteiger partial charge on any atom is 0.244 e. The van der Waals surface area contributed by atoms with Crippen LogP contribution in [0.3, 0.4) is 0 Å². The third-order valence-corrected chi connectivity index (χ3v) is 3.83. The van der Waals surface area contributed by atoms with E-state index in [9.17, 15) is 13.2 Å². The molecule has 19 heavy (non-hydrogen) atoms. The fraction of sp³-hybridized carbons (Fsp3) is 0.455. The number of nitrogens with one attached hydrogen (secondary N) is 2. The van der Waals surface area contributed by atoms with Crippen LogP contribution in [0.4, 0.5) is 5.69 Å². The van der Waals surface area contributed by atoms with Crippen LogP contribution in [-0.2, 0) is 14.8 Å². The Balaban J connectivity index is 2.53. The molecule has 0 saturated carbocycles. The van der Waals surface area contributed by atoms with Crippen LogP contribution in [0.5, 0.6) is 0 Å². The van der Waals surface area contributed by atoms with E-state index in [2.05, 4.69) is 15.0 Å². The number of pyridine rings is 1. The molecule has 0 bridgehead atoms. The summed E-state index contributed by atoms with van der Waals surface area (Å²) in [5, 5.41) is 2.66. The van der Waals surface area contributed by atoms with E-state index < -0.39 is 10.0 Å². The first kappa shape index (κ1) is 15.4. The van der Waals surface area contributed by atoms with Crippen LogP contribution in [0.1, 0.15) is 19.8 Å². The lowest BCUT2D eigenvalue weighted by molar-refractivity contribution is -0.120. The molecule has 0 unspecified atom stereocenters. The Morgan fingerprint density at radius 3 is 2.79 bits per heavy atom. The quantitative estimate of drug-likeness (QED) is 0.645. The largest absolute Gasteiger partial charge is 0.398 e. The second-order valence-corrected chi connectivity index (χ2v) is 5.65. The molecule has 1 heterocycles. The molecule has 0 radical (unpaired) electrons. The zero-order chi connectivity index (χ0) is 14.3. The number of rotatable bonds is 7. The van der Waals surface area contributed by atoms with Gasteiger partial charge in [-0.3, -0.25) is 9.78 Å². The van der Waals surface area contributed by atoms with Crippen LogP contribution in [0.15, 0.2) is 23.4 Å². The number of aromatic nitrogens is 1. The highest BCUT2D eigenvalue weighted by molar-refractivity contribution is 7.89. The van der Waals surface area contributed by atoms with E-state index in [-0.39, 0.29) is 29.5 Å². The highest BCUT2D eigenvalue weighted by atomic mass is 32.2. The molecule has 0 aliphatic heterocycles. The number of amides is 1. The van der Waals surface area contributed by atoms with Gasteiger partial charge in [0.1, 0.15) is 4.90 Å². The maximum atomic E-state index is 11.9. The van der Waals surface area contributed by atoms with E-state index in [1.807, 2.05) is 6.92 Å². The van der Waals surface area contributed by atoms with E-state index in [1.165, 1.54) is 18.5 Å². The number of nitrogens with zero attached hydrogens (tertiary/aromatic N) is 1. The molecule has 7 nitrogen and oxygen atoms in total. The monoisotopic (exact) mass is 286 g/mol. The Morgan fingerprint density at radius 1 is 1.42 bits per heavy atom. The molecule has 0 fully saturated rings. The van der Waals surface area contributed by atoms with Crippen LogP contribution in [-0.4, -0.2) is 32.4 Å². The molecule has 0 aliphatic carbocycles. The summed E-state index contributed by atoms with van der Waals surface area (Å²) in [4.78, 5) is 14.9. The van der Waals surface area contributed by atoms with Gasteiger partial charge in [-0.05, 0) is 12.5 Å². The molecular formula is C11H18N4O3S. The number of hydrogen-bond donors (Lipinski definition) is 3. The van der Waals surface area contributed by atoms with Gasteiger partial charge in [0.2, 0.25) is 15.9 Å². The second-order valence-electron chi connectivity index (χ2n) is 3.91. The Hall–Kier alpha value is -1.67. The lowest BCUT2D eigenvalue weighted by atomic mass is 10.4. The molecule has 106 valence electrons. The molecule has 8 heteroatoms. The minimum absolute atomic E-state index is 0.0201. The minimum atomic E-state index is -3.72. The first-order valence-corrected chi connectivity index (χ1v) is 7.41. The van der Waals surface area contributed by atoms with Gasteiger partial charge in [0.05, 0.1) is 5.69 Å². The summed E-state index contributed by atoms with van der Waals surface area (Å²) in [6, 6.07) is 1.41. The van der Waals surface area contributed by atoms with E-state index in [1.54, 1.807) is 0 Å². The van der Waals surface area contributed by atoms with Gasteiger partial charge in [-0.2, -0.15) is 0 Å². The van der Waals surface area contributed by atoms with Gasteiger partial charge in [0.15, 0.2) is 0 Å². The van der Waals surface area contributed by atoms with Crippen molar-refractivity contribution < 1.29 is 13.2 Å². The summed E-state index contributed by atoms with van der Waals surface area (Å²) in [5.41, 5.74) is 5.69. The van der Waals surface area contributed by atoms with Crippen LogP contribution >= 0.6 is 0 Å². The number of nitrogen functional groups attached to an aromatic ring is 1. The Labute approximate surface area is 112 Å². The van der Waals surface area contributed by atoms with E-state index in [0.29, 0.717) is 6.54 Å². The van der Waals surface area contributed by atoms with Gasteiger partial charge in [0, 0.05) is 31.9 Å². The van der Waals surface area contributed by atoms with Gasteiger partial charge in [-0.25, -0.2) is 13.1 Å². The molecule has 1 amide bonds. The van der Waals surface area contributed by atoms with Crippen LogP contribution in [0, 0.1) is 0 Å². The summed E-state index contributed by atoms with van der Waals surface area (Å²) >= 11 is 0. The normalized spacial score (nSPS) is 11.2. The van der Waals surface area contributed by atoms with Crippen LogP contribution in [0.25, 0.3) is 0 Å². The second kappa shape index (κ2) is 7.05. The Kier molecular flexibility index (Phi) is 5.71. The van der Waals surface area contributed by atoms with E-state index >= 15 is 0 Å². The molecule has 0 aromatic carbocycles. The summed E-state index contributed by atoms with van der Waals surface area (Å²) in [5.74, 6) is -0.191. The Bertz CT molecular complexity index is 530. The van der Waals surface area contributed by atoms with Crippen molar-refractivity contribution in [2.75, 3.05) is 18.8 Å². The fourth-order valence-corrected chi connectivity index (χ4v) is 2.45. The van der Waals surface area contributed by atoms with Crippen molar-refractivity contribution in [3.8, 4) is 0 Å². The summed E-state index contributed by atoms with van der Waals surface area (Å²) < 4.78 is 26.1. The number of anilines is 1. The third-order valence-electron chi connectivity index (χ3n) is 2.32. The smallest absolute Gasteiger partial charge is 0.244 e. The topological polar surface area (TPSA) is 114 Å². The van der Waals surface area contributed by atoms with Crippen molar-refractivity contribution in [3.05, 3.63) is 18.5 Å². The zero-order valence-corrected chi connectivity index (χ0v) is 11.5. The lowest BCUT2D eigenvalue weighted by Crippen LogP contribution is -2.31. The van der Waals surface area contributed by atoms with Crippen molar-refractivity contribution in [2.24, 2.45) is 0 Å². The number of sulfonamides is 1. The standard InChI is InChI=1S/C11H18N4O3S/c1-2-5-14-11(16)4-7-15-19(17,18)10-8-13-6-3-9(10)12/h3,6,8,15H,2,4-5,7H2,1H3,(H2,12,13)(H,14,16). The van der Waals surface area contributed by atoms with Gasteiger partial charge < -0.3 is 11.1 Å². The van der Waals surface area contributed by atoms with Gasteiger partial charge >= 0.3 is 0 Å². The molecule has 1 aromatic heterocycles. The lowest BCUT2D eigenvalue weighted by Gasteiger charge is -2.08. The summed E-state index contributed by atoms with van der Waals surface area (Å²) in [6.45, 7) is 2.54. The fourth-order valence-electron chi connectivity index (χ4n) is 1.34. The maximum absolute atomic E-state index is 11.9. The van der Waals surface area contributed by atoms with Crippen LogP contribution in [0.2, 0.25) is 0 Å². The number of hydrogen-bond acceptors (Lipinski definition) is 5. The van der Waals surface area contributed by atoms with Crippen molar-refractivity contribution in [2.45, 2.75) is 24.7 Å². The van der Waals surface area contributed by atoms with Gasteiger partial charge in [-0.15, -0.1) is 0 Å². The Morgan fingerprint density at radius 2 is 2.16 bits per heavy atom. The zero-order valence-electron chi connectivity index (χ0n) is 10.7. The molecule has 4 N–H and O–H groups in total. The SMILES string of the molecule is CCCNC(=O)CCNS(=O)(=O)c1cnccc1N. The van der Waals surface area contributed by atoms with Crippen molar-refractivity contribution in [1.29, 1.82) is 0 Å². The van der Waals surface area contributed by atoms with Gasteiger partial charge in [-0.1, -0.05) is 6.92 Å².